The van der Waals surface area contributed by atoms with Crippen LogP contribution in [0.3, 0.4) is 0 Å². The Labute approximate surface area is 149 Å². The molecule has 0 aliphatic carbocycles. The maximum atomic E-state index is 12.8. The summed E-state index contributed by atoms with van der Waals surface area (Å²) in [6.07, 6.45) is -4.45. The lowest BCUT2D eigenvalue weighted by Gasteiger charge is -2.37. The zero-order valence-electron chi connectivity index (χ0n) is 14.5. The number of rotatable bonds is 2. The highest BCUT2D eigenvalue weighted by molar-refractivity contribution is 5.61. The minimum atomic E-state index is -4.45. The van der Waals surface area contributed by atoms with E-state index in [-0.39, 0.29) is 5.56 Å². The fourth-order valence-electron chi connectivity index (χ4n) is 3.11. The lowest BCUT2D eigenvalue weighted by Crippen LogP contribution is -2.47. The quantitative estimate of drug-likeness (QED) is 0.821. The van der Waals surface area contributed by atoms with Crippen LogP contribution in [0.1, 0.15) is 22.6 Å². The third-order valence-electron chi connectivity index (χ3n) is 4.34. The van der Waals surface area contributed by atoms with E-state index in [4.69, 9.17) is 0 Å². The SMILES string of the molecule is Cc1cc(N2CCN(c3ccc(C(F)(F)F)cc3C#N)CC2)nc(C)n1. The first-order valence-corrected chi connectivity index (χ1v) is 8.21. The van der Waals surface area contributed by atoms with Crippen LogP contribution in [0, 0.1) is 25.2 Å². The van der Waals surface area contributed by atoms with Crippen LogP contribution < -0.4 is 9.80 Å². The van der Waals surface area contributed by atoms with Crippen LogP contribution in [-0.2, 0) is 6.18 Å². The summed E-state index contributed by atoms with van der Waals surface area (Å²) in [5.41, 5.74) is 0.671. The van der Waals surface area contributed by atoms with Crippen LogP contribution in [0.2, 0.25) is 0 Å². The van der Waals surface area contributed by atoms with Crippen molar-refractivity contribution in [3.63, 3.8) is 0 Å². The number of aryl methyl sites for hydroxylation is 2. The van der Waals surface area contributed by atoms with Gasteiger partial charge in [-0.1, -0.05) is 0 Å². The van der Waals surface area contributed by atoms with E-state index < -0.39 is 11.7 Å². The van der Waals surface area contributed by atoms with Crippen LogP contribution in [-0.4, -0.2) is 36.1 Å². The molecule has 1 saturated heterocycles. The molecule has 0 amide bonds. The van der Waals surface area contributed by atoms with Gasteiger partial charge < -0.3 is 9.80 Å². The average Bonchev–Trinajstić information content (AvgIpc) is 2.59. The van der Waals surface area contributed by atoms with E-state index in [9.17, 15) is 18.4 Å². The first-order valence-electron chi connectivity index (χ1n) is 8.21. The molecular formula is C18H18F3N5. The van der Waals surface area contributed by atoms with Gasteiger partial charge in [0.05, 0.1) is 16.8 Å². The van der Waals surface area contributed by atoms with E-state index in [0.717, 1.165) is 23.6 Å². The highest BCUT2D eigenvalue weighted by Crippen LogP contribution is 2.33. The summed E-state index contributed by atoms with van der Waals surface area (Å²) in [4.78, 5) is 12.8. The van der Waals surface area contributed by atoms with Gasteiger partial charge in [-0.2, -0.15) is 18.4 Å². The molecule has 0 unspecified atom stereocenters. The summed E-state index contributed by atoms with van der Waals surface area (Å²) in [5.74, 6) is 1.56. The highest BCUT2D eigenvalue weighted by Gasteiger charge is 2.31. The number of nitrogens with zero attached hydrogens (tertiary/aromatic N) is 5. The number of hydrogen-bond donors (Lipinski definition) is 0. The molecule has 1 aliphatic heterocycles. The van der Waals surface area contributed by atoms with E-state index in [1.54, 1.807) is 0 Å². The predicted molar refractivity (Wildman–Crippen MR) is 92.1 cm³/mol. The molecule has 1 aromatic heterocycles. The third kappa shape index (κ3) is 3.72. The topological polar surface area (TPSA) is 56.0 Å². The monoisotopic (exact) mass is 361 g/mol. The maximum Gasteiger partial charge on any atom is 0.416 e. The molecule has 1 fully saturated rings. The van der Waals surface area contributed by atoms with E-state index in [1.807, 2.05) is 30.9 Å². The molecule has 0 radical (unpaired) electrons. The smallest absolute Gasteiger partial charge is 0.367 e. The molecule has 5 nitrogen and oxygen atoms in total. The van der Waals surface area contributed by atoms with E-state index in [2.05, 4.69) is 14.9 Å². The van der Waals surface area contributed by atoms with Crippen molar-refractivity contribution in [3.05, 3.63) is 46.9 Å². The number of alkyl halides is 3. The number of aromatic nitrogens is 2. The molecule has 0 N–H and O–H groups in total. The van der Waals surface area contributed by atoms with Gasteiger partial charge in [0, 0.05) is 37.9 Å². The van der Waals surface area contributed by atoms with E-state index in [0.29, 0.717) is 37.7 Å². The molecule has 136 valence electrons. The van der Waals surface area contributed by atoms with Gasteiger partial charge >= 0.3 is 6.18 Å². The number of benzene rings is 1. The van der Waals surface area contributed by atoms with Crippen molar-refractivity contribution in [3.8, 4) is 6.07 Å². The molecule has 2 aromatic rings. The van der Waals surface area contributed by atoms with Gasteiger partial charge in [0.15, 0.2) is 0 Å². The Hall–Kier alpha value is -2.82. The lowest BCUT2D eigenvalue weighted by atomic mass is 10.1. The Bertz CT molecular complexity index is 829. The Kier molecular flexibility index (Phi) is 4.72. The molecule has 8 heteroatoms. The van der Waals surface area contributed by atoms with Gasteiger partial charge in [-0.15, -0.1) is 0 Å². The van der Waals surface area contributed by atoms with Gasteiger partial charge in [0.2, 0.25) is 0 Å². The van der Waals surface area contributed by atoms with Crippen LogP contribution in [0.25, 0.3) is 0 Å². The predicted octanol–water partition coefficient (Wildman–Crippen LogP) is 3.31. The molecular weight excluding hydrogens is 343 g/mol. The summed E-state index contributed by atoms with van der Waals surface area (Å²) >= 11 is 0. The van der Waals surface area contributed by atoms with Crippen LogP contribution >= 0.6 is 0 Å². The summed E-state index contributed by atoms with van der Waals surface area (Å²) in [5, 5.41) is 9.26. The Morgan fingerprint density at radius 1 is 1.00 bits per heavy atom. The molecule has 1 aromatic carbocycles. The van der Waals surface area contributed by atoms with Crippen molar-refractivity contribution in [2.45, 2.75) is 20.0 Å². The molecule has 1 aliphatic rings. The zero-order valence-corrected chi connectivity index (χ0v) is 14.5. The summed E-state index contributed by atoms with van der Waals surface area (Å²) in [6.45, 7) is 6.29. The van der Waals surface area contributed by atoms with E-state index >= 15 is 0 Å². The maximum absolute atomic E-state index is 12.8. The van der Waals surface area contributed by atoms with Gasteiger partial charge in [0.1, 0.15) is 17.7 Å². The van der Waals surface area contributed by atoms with Crippen molar-refractivity contribution in [2.75, 3.05) is 36.0 Å². The number of hydrogen-bond acceptors (Lipinski definition) is 5. The minimum Gasteiger partial charge on any atom is -0.367 e. The van der Waals surface area contributed by atoms with Crippen LogP contribution in [0.4, 0.5) is 24.7 Å². The summed E-state index contributed by atoms with van der Waals surface area (Å²) in [6, 6.07) is 7.13. The van der Waals surface area contributed by atoms with Gasteiger partial charge in [-0.05, 0) is 32.0 Å². The fourth-order valence-corrected chi connectivity index (χ4v) is 3.11. The highest BCUT2D eigenvalue weighted by atomic mass is 19.4. The Morgan fingerprint density at radius 3 is 2.23 bits per heavy atom. The molecule has 0 atom stereocenters. The molecule has 2 heterocycles. The van der Waals surface area contributed by atoms with Crippen molar-refractivity contribution < 1.29 is 13.2 Å². The number of nitriles is 1. The Morgan fingerprint density at radius 2 is 1.65 bits per heavy atom. The molecule has 26 heavy (non-hydrogen) atoms. The van der Waals surface area contributed by atoms with Gasteiger partial charge in [-0.3, -0.25) is 0 Å². The zero-order chi connectivity index (χ0) is 18.9. The molecule has 0 spiro atoms. The standard InChI is InChI=1S/C18H18F3N5/c1-12-9-17(24-13(2)23-12)26-7-5-25(6-8-26)16-4-3-15(18(19,20)21)10-14(16)11-22/h3-4,9-10H,5-8H2,1-2H3. The number of piperazine rings is 1. The average molecular weight is 361 g/mol. The van der Waals surface area contributed by atoms with E-state index in [1.165, 1.54) is 6.07 Å². The second-order valence-corrected chi connectivity index (χ2v) is 6.23. The van der Waals surface area contributed by atoms with Gasteiger partial charge in [0.25, 0.3) is 0 Å². The third-order valence-corrected chi connectivity index (χ3v) is 4.34. The van der Waals surface area contributed by atoms with Crippen molar-refractivity contribution in [2.24, 2.45) is 0 Å². The normalized spacial score (nSPS) is 15.1. The molecule has 0 saturated carbocycles. The first-order chi connectivity index (χ1) is 12.3. The molecule has 0 bridgehead atoms. The van der Waals surface area contributed by atoms with Crippen molar-refractivity contribution >= 4 is 11.5 Å². The summed E-state index contributed by atoms with van der Waals surface area (Å²) < 4.78 is 38.5. The number of halogens is 3. The van der Waals surface area contributed by atoms with Crippen molar-refractivity contribution in [1.82, 2.24) is 9.97 Å². The van der Waals surface area contributed by atoms with Crippen molar-refractivity contribution in [1.29, 1.82) is 5.26 Å². The lowest BCUT2D eigenvalue weighted by molar-refractivity contribution is -0.137. The number of anilines is 2. The first kappa shape index (κ1) is 18.0. The molecule has 3 rings (SSSR count). The second kappa shape index (κ2) is 6.83. The Balaban J connectivity index is 1.77. The van der Waals surface area contributed by atoms with Crippen LogP contribution in [0.15, 0.2) is 24.3 Å². The largest absolute Gasteiger partial charge is 0.416 e. The summed E-state index contributed by atoms with van der Waals surface area (Å²) in [7, 11) is 0. The second-order valence-electron chi connectivity index (χ2n) is 6.23. The fraction of sp³-hybridized carbons (Fsp3) is 0.389. The minimum absolute atomic E-state index is 0.0435. The van der Waals surface area contributed by atoms with Gasteiger partial charge in [-0.25, -0.2) is 9.97 Å². The van der Waals surface area contributed by atoms with Crippen LogP contribution in [0.5, 0.6) is 0 Å².